The largest absolute Gasteiger partial charge is 0.345 e. The van der Waals surface area contributed by atoms with Gasteiger partial charge in [0.05, 0.1) is 12.1 Å². The predicted octanol–water partition coefficient (Wildman–Crippen LogP) is 1.78. The highest BCUT2D eigenvalue weighted by molar-refractivity contribution is 7.07. The van der Waals surface area contributed by atoms with Crippen LogP contribution in [0.4, 0.5) is 0 Å². The Hall–Kier alpha value is -1.75. The predicted molar refractivity (Wildman–Crippen MR) is 71.4 cm³/mol. The third-order valence-corrected chi connectivity index (χ3v) is 3.41. The van der Waals surface area contributed by atoms with Crippen LogP contribution in [0, 0.1) is 0 Å². The fourth-order valence-corrected chi connectivity index (χ4v) is 2.24. The minimum atomic E-state index is 0.136. The molecule has 5 heteroatoms. The average Bonchev–Trinajstić information content (AvgIpc) is 2.90. The number of aromatic nitrogens is 2. The normalized spacial score (nSPS) is 10.3. The number of carbonyl (C=O) groups excluding carboxylic acids is 1. The van der Waals surface area contributed by atoms with E-state index in [1.165, 1.54) is 0 Å². The van der Waals surface area contributed by atoms with Gasteiger partial charge in [0.1, 0.15) is 0 Å². The van der Waals surface area contributed by atoms with E-state index in [1.54, 1.807) is 34.8 Å². The second kappa shape index (κ2) is 6.26. The highest BCUT2D eigenvalue weighted by Gasteiger charge is 2.10. The topological polar surface area (TPSA) is 46.1 Å². The van der Waals surface area contributed by atoms with Gasteiger partial charge < -0.3 is 4.90 Å². The molecular weight excluding hydrogens is 246 g/mol. The van der Waals surface area contributed by atoms with Crippen LogP contribution in [0.25, 0.3) is 0 Å². The van der Waals surface area contributed by atoms with Crippen molar-refractivity contribution in [1.29, 1.82) is 0 Å². The molecule has 0 bridgehead atoms. The molecule has 2 rings (SSSR count). The van der Waals surface area contributed by atoms with Crippen LogP contribution >= 0.6 is 11.3 Å². The first kappa shape index (κ1) is 12.7. The maximum Gasteiger partial charge on any atom is 0.226 e. The Kier molecular flexibility index (Phi) is 4.41. The number of carbonyl (C=O) groups is 1. The Morgan fingerprint density at radius 3 is 3.00 bits per heavy atom. The molecule has 0 atom stereocenters. The number of hydrogen-bond acceptors (Lipinski definition) is 4. The van der Waals surface area contributed by atoms with E-state index in [0.717, 1.165) is 17.7 Å². The van der Waals surface area contributed by atoms with E-state index >= 15 is 0 Å². The van der Waals surface area contributed by atoms with Crippen molar-refractivity contribution >= 4 is 17.2 Å². The van der Waals surface area contributed by atoms with Crippen molar-refractivity contribution in [3.63, 3.8) is 0 Å². The Labute approximate surface area is 110 Å². The number of rotatable bonds is 5. The van der Waals surface area contributed by atoms with Crippen molar-refractivity contribution in [3.8, 4) is 0 Å². The Morgan fingerprint density at radius 2 is 2.33 bits per heavy atom. The summed E-state index contributed by atoms with van der Waals surface area (Å²) in [7, 11) is 1.82. The summed E-state index contributed by atoms with van der Waals surface area (Å²) in [4.78, 5) is 21.9. The van der Waals surface area contributed by atoms with Crippen molar-refractivity contribution in [3.05, 3.63) is 46.7 Å². The summed E-state index contributed by atoms with van der Waals surface area (Å²) in [6, 6.07) is 1.99. The van der Waals surface area contributed by atoms with Gasteiger partial charge in [-0.25, -0.2) is 0 Å². The average molecular weight is 261 g/mol. The van der Waals surface area contributed by atoms with Crippen molar-refractivity contribution < 1.29 is 4.79 Å². The molecule has 0 aliphatic rings. The fraction of sp³-hybridized carbons (Fsp3) is 0.308. The van der Waals surface area contributed by atoms with Crippen LogP contribution < -0.4 is 0 Å². The lowest BCUT2D eigenvalue weighted by Gasteiger charge is -2.16. The number of hydrogen-bond donors (Lipinski definition) is 0. The molecule has 2 aromatic heterocycles. The van der Waals surface area contributed by atoms with Crippen LogP contribution in [0.1, 0.15) is 11.3 Å². The molecule has 4 nitrogen and oxygen atoms in total. The third-order valence-electron chi connectivity index (χ3n) is 2.68. The summed E-state index contributed by atoms with van der Waals surface area (Å²) < 4.78 is 0. The van der Waals surface area contributed by atoms with Gasteiger partial charge in [-0.15, -0.1) is 0 Å². The van der Waals surface area contributed by atoms with Gasteiger partial charge in [0.2, 0.25) is 5.91 Å². The fourth-order valence-electron chi connectivity index (χ4n) is 1.57. The van der Waals surface area contributed by atoms with Crippen LogP contribution in [-0.2, 0) is 17.6 Å². The van der Waals surface area contributed by atoms with Gasteiger partial charge >= 0.3 is 0 Å². The molecule has 0 saturated carbocycles. The lowest BCUT2D eigenvalue weighted by Crippen LogP contribution is -2.30. The Morgan fingerprint density at radius 1 is 1.44 bits per heavy atom. The molecule has 2 aromatic rings. The van der Waals surface area contributed by atoms with Gasteiger partial charge in [-0.1, -0.05) is 0 Å². The second-order valence-electron chi connectivity index (χ2n) is 4.07. The highest BCUT2D eigenvalue weighted by Crippen LogP contribution is 2.08. The molecule has 0 aliphatic carbocycles. The molecule has 0 spiro atoms. The lowest BCUT2D eigenvalue weighted by atomic mass is 10.2. The van der Waals surface area contributed by atoms with Crippen molar-refractivity contribution in [2.45, 2.75) is 12.8 Å². The SMILES string of the molecule is CN(CCc1cnccn1)C(=O)Cc1ccsc1. The van der Waals surface area contributed by atoms with Crippen LogP contribution in [0.15, 0.2) is 35.4 Å². The maximum absolute atomic E-state index is 11.9. The molecule has 0 N–H and O–H groups in total. The van der Waals surface area contributed by atoms with E-state index in [2.05, 4.69) is 9.97 Å². The first-order chi connectivity index (χ1) is 8.75. The lowest BCUT2D eigenvalue weighted by molar-refractivity contribution is -0.129. The van der Waals surface area contributed by atoms with E-state index < -0.39 is 0 Å². The Bertz CT molecular complexity index is 484. The molecular formula is C13H15N3OS. The number of amides is 1. The van der Waals surface area contributed by atoms with E-state index in [0.29, 0.717) is 13.0 Å². The maximum atomic E-state index is 11.9. The first-order valence-electron chi connectivity index (χ1n) is 5.75. The van der Waals surface area contributed by atoms with Crippen LogP contribution in [0.2, 0.25) is 0 Å². The molecule has 0 aliphatic heterocycles. The minimum absolute atomic E-state index is 0.136. The standard InChI is InChI=1S/C13H15N3OS/c1-16(6-2-12-9-14-4-5-15-12)13(17)8-11-3-7-18-10-11/h3-5,7,9-10H,2,6,8H2,1H3. The van der Waals surface area contributed by atoms with Gasteiger partial charge in [-0.05, 0) is 22.4 Å². The van der Waals surface area contributed by atoms with Crippen LogP contribution in [0.5, 0.6) is 0 Å². The molecule has 2 heterocycles. The third kappa shape index (κ3) is 3.63. The van der Waals surface area contributed by atoms with Gasteiger partial charge in [-0.3, -0.25) is 14.8 Å². The zero-order chi connectivity index (χ0) is 12.8. The monoisotopic (exact) mass is 261 g/mol. The zero-order valence-electron chi connectivity index (χ0n) is 10.2. The van der Waals surface area contributed by atoms with E-state index in [1.807, 2.05) is 23.9 Å². The summed E-state index contributed by atoms with van der Waals surface area (Å²) >= 11 is 1.61. The number of nitrogens with zero attached hydrogens (tertiary/aromatic N) is 3. The van der Waals surface area contributed by atoms with Gasteiger partial charge in [0, 0.05) is 38.6 Å². The molecule has 0 saturated heterocycles. The van der Waals surface area contributed by atoms with Gasteiger partial charge in [0.25, 0.3) is 0 Å². The highest BCUT2D eigenvalue weighted by atomic mass is 32.1. The first-order valence-corrected chi connectivity index (χ1v) is 6.70. The smallest absolute Gasteiger partial charge is 0.226 e. The van der Waals surface area contributed by atoms with Crippen molar-refractivity contribution in [1.82, 2.24) is 14.9 Å². The summed E-state index contributed by atoms with van der Waals surface area (Å²) in [5.74, 6) is 0.136. The second-order valence-corrected chi connectivity index (χ2v) is 4.85. The summed E-state index contributed by atoms with van der Waals surface area (Å²) in [5, 5.41) is 4.00. The minimum Gasteiger partial charge on any atom is -0.345 e. The van der Waals surface area contributed by atoms with E-state index in [4.69, 9.17) is 0 Å². The molecule has 0 unspecified atom stereocenters. The number of thiophene rings is 1. The van der Waals surface area contributed by atoms with Gasteiger partial charge in [0.15, 0.2) is 0 Å². The zero-order valence-corrected chi connectivity index (χ0v) is 11.1. The molecule has 0 aromatic carbocycles. The van der Waals surface area contributed by atoms with E-state index in [-0.39, 0.29) is 5.91 Å². The number of likely N-dealkylation sites (N-methyl/N-ethyl adjacent to an activating group) is 1. The van der Waals surface area contributed by atoms with Crippen molar-refractivity contribution in [2.24, 2.45) is 0 Å². The summed E-state index contributed by atoms with van der Waals surface area (Å²) in [6.07, 6.45) is 6.26. The van der Waals surface area contributed by atoms with E-state index in [9.17, 15) is 4.79 Å². The summed E-state index contributed by atoms with van der Waals surface area (Å²) in [5.41, 5.74) is 1.99. The Balaban J connectivity index is 1.81. The molecule has 1 amide bonds. The van der Waals surface area contributed by atoms with Gasteiger partial charge in [-0.2, -0.15) is 11.3 Å². The molecule has 94 valence electrons. The van der Waals surface area contributed by atoms with Crippen molar-refractivity contribution in [2.75, 3.05) is 13.6 Å². The molecule has 18 heavy (non-hydrogen) atoms. The quantitative estimate of drug-likeness (QED) is 0.824. The summed E-state index contributed by atoms with van der Waals surface area (Å²) in [6.45, 7) is 0.668. The van der Waals surface area contributed by atoms with Crippen LogP contribution in [0.3, 0.4) is 0 Å². The molecule has 0 radical (unpaired) electrons. The molecule has 0 fully saturated rings. The van der Waals surface area contributed by atoms with Crippen LogP contribution in [-0.4, -0.2) is 34.4 Å².